The quantitative estimate of drug-likeness (QED) is 0.331. The zero-order valence-corrected chi connectivity index (χ0v) is 20.8. The monoisotopic (exact) mass is 434 g/mol. The van der Waals surface area contributed by atoms with Gasteiger partial charge in [0.1, 0.15) is 0 Å². The third kappa shape index (κ3) is 5.74. The van der Waals surface area contributed by atoms with E-state index in [1.54, 1.807) is 5.57 Å². The van der Waals surface area contributed by atoms with Crippen molar-refractivity contribution >= 4 is 0 Å². The predicted octanol–water partition coefficient (Wildman–Crippen LogP) is 9.87. The first-order chi connectivity index (χ1) is 16.0. The second-order valence-corrected chi connectivity index (χ2v) is 9.88. The van der Waals surface area contributed by atoms with Crippen LogP contribution in [0.2, 0.25) is 0 Å². The van der Waals surface area contributed by atoms with Crippen molar-refractivity contribution in [2.24, 2.45) is 0 Å². The molecular formula is C33H38. The first-order valence-corrected chi connectivity index (χ1v) is 12.7. The third-order valence-corrected chi connectivity index (χ3v) is 7.21. The van der Waals surface area contributed by atoms with E-state index < -0.39 is 0 Å². The van der Waals surface area contributed by atoms with Gasteiger partial charge in [0.2, 0.25) is 0 Å². The van der Waals surface area contributed by atoms with Crippen molar-refractivity contribution in [3.63, 3.8) is 0 Å². The Kier molecular flexibility index (Phi) is 7.65. The summed E-state index contributed by atoms with van der Waals surface area (Å²) in [6, 6.07) is 25.4. The normalized spacial score (nSPS) is 14.4. The maximum absolute atomic E-state index is 2.42. The lowest BCUT2D eigenvalue weighted by molar-refractivity contribution is 0.735. The molecule has 4 rings (SSSR count). The standard InChI is InChI=1S/C33H38/c1-5-25(4)33-23-31(29-19-17-28(18-20-29)24(2)3)21-22-32(33)30-15-13-27(14-16-30)12-11-26-9-7-6-8-10-26/h6-7,9,13-25H,5,8,10-12H2,1-4H3. The summed E-state index contributed by atoms with van der Waals surface area (Å²) in [6.45, 7) is 9.14. The van der Waals surface area contributed by atoms with Crippen LogP contribution in [0.25, 0.3) is 22.3 Å². The van der Waals surface area contributed by atoms with Crippen LogP contribution in [-0.2, 0) is 6.42 Å². The van der Waals surface area contributed by atoms with Crippen molar-refractivity contribution in [3.8, 4) is 22.3 Å². The molecule has 1 aliphatic carbocycles. The maximum atomic E-state index is 2.42. The van der Waals surface area contributed by atoms with Gasteiger partial charge in [0, 0.05) is 0 Å². The first-order valence-electron chi connectivity index (χ1n) is 12.7. The highest BCUT2D eigenvalue weighted by Gasteiger charge is 2.13. The van der Waals surface area contributed by atoms with E-state index in [1.807, 2.05) is 0 Å². The van der Waals surface area contributed by atoms with E-state index in [0.29, 0.717) is 11.8 Å². The molecule has 1 unspecified atom stereocenters. The summed E-state index contributed by atoms with van der Waals surface area (Å²) >= 11 is 0. The van der Waals surface area contributed by atoms with Crippen LogP contribution in [0.4, 0.5) is 0 Å². The molecule has 3 aromatic carbocycles. The molecule has 1 aliphatic rings. The minimum absolute atomic E-state index is 0.529. The second-order valence-electron chi connectivity index (χ2n) is 9.88. The van der Waals surface area contributed by atoms with Crippen LogP contribution in [0.5, 0.6) is 0 Å². The number of rotatable bonds is 8. The molecule has 0 N–H and O–H groups in total. The first kappa shape index (κ1) is 23.3. The van der Waals surface area contributed by atoms with E-state index in [1.165, 1.54) is 58.2 Å². The molecule has 0 aromatic heterocycles. The fraction of sp³-hybridized carbons (Fsp3) is 0.333. The van der Waals surface area contributed by atoms with Gasteiger partial charge >= 0.3 is 0 Å². The smallest absolute Gasteiger partial charge is 0.0149 e. The zero-order chi connectivity index (χ0) is 23.2. The Morgan fingerprint density at radius 2 is 1.45 bits per heavy atom. The molecule has 170 valence electrons. The summed E-state index contributed by atoms with van der Waals surface area (Å²) in [5.41, 5.74) is 11.2. The SMILES string of the molecule is CCC(C)c1cc(-c2ccc(C(C)C)cc2)ccc1-c1ccc(CCC2=CC=CCC2)cc1. The zero-order valence-electron chi connectivity index (χ0n) is 20.8. The van der Waals surface area contributed by atoms with Gasteiger partial charge < -0.3 is 0 Å². The molecule has 0 radical (unpaired) electrons. The van der Waals surface area contributed by atoms with Crippen LogP contribution in [0.3, 0.4) is 0 Å². The highest BCUT2D eigenvalue weighted by Crippen LogP contribution is 2.35. The summed E-state index contributed by atoms with van der Waals surface area (Å²) in [7, 11) is 0. The van der Waals surface area contributed by atoms with Gasteiger partial charge in [-0.3, -0.25) is 0 Å². The van der Waals surface area contributed by atoms with Crippen LogP contribution in [0.1, 0.15) is 81.9 Å². The largest absolute Gasteiger partial charge is 0.0842 e. The van der Waals surface area contributed by atoms with Crippen LogP contribution >= 0.6 is 0 Å². The molecule has 0 heteroatoms. The van der Waals surface area contributed by atoms with Crippen LogP contribution in [-0.4, -0.2) is 0 Å². The van der Waals surface area contributed by atoms with Crippen LogP contribution in [0, 0.1) is 0 Å². The Morgan fingerprint density at radius 3 is 2.09 bits per heavy atom. The van der Waals surface area contributed by atoms with Gasteiger partial charge in [-0.05, 0) is 82.9 Å². The summed E-state index contributed by atoms with van der Waals surface area (Å²) < 4.78 is 0. The Labute approximate surface area is 201 Å². The van der Waals surface area contributed by atoms with E-state index in [0.717, 1.165) is 12.8 Å². The number of aryl methyl sites for hydroxylation is 1. The highest BCUT2D eigenvalue weighted by molar-refractivity contribution is 5.74. The van der Waals surface area contributed by atoms with E-state index in [4.69, 9.17) is 0 Å². The molecule has 0 saturated heterocycles. The molecule has 0 saturated carbocycles. The topological polar surface area (TPSA) is 0 Å². The number of benzene rings is 3. The average Bonchev–Trinajstić information content (AvgIpc) is 2.87. The Balaban J connectivity index is 1.57. The second kappa shape index (κ2) is 10.8. The lowest BCUT2D eigenvalue weighted by Gasteiger charge is -2.18. The molecule has 33 heavy (non-hydrogen) atoms. The fourth-order valence-corrected chi connectivity index (χ4v) is 4.71. The summed E-state index contributed by atoms with van der Waals surface area (Å²) in [4.78, 5) is 0. The van der Waals surface area contributed by atoms with Gasteiger partial charge in [0.05, 0.1) is 0 Å². The molecule has 0 aliphatic heterocycles. The summed E-state index contributed by atoms with van der Waals surface area (Å²) in [5.74, 6) is 1.09. The summed E-state index contributed by atoms with van der Waals surface area (Å²) in [6.07, 6.45) is 12.6. The molecule has 0 amide bonds. The maximum Gasteiger partial charge on any atom is -0.0149 e. The van der Waals surface area contributed by atoms with Crippen molar-refractivity contribution in [1.29, 1.82) is 0 Å². The third-order valence-electron chi connectivity index (χ3n) is 7.21. The van der Waals surface area contributed by atoms with Crippen molar-refractivity contribution in [1.82, 2.24) is 0 Å². The summed E-state index contributed by atoms with van der Waals surface area (Å²) in [5, 5.41) is 0. The minimum atomic E-state index is 0.529. The molecule has 0 bridgehead atoms. The number of allylic oxidation sites excluding steroid dienone is 4. The van der Waals surface area contributed by atoms with Crippen LogP contribution < -0.4 is 0 Å². The molecule has 0 fully saturated rings. The van der Waals surface area contributed by atoms with E-state index in [-0.39, 0.29) is 0 Å². The molecule has 0 spiro atoms. The van der Waals surface area contributed by atoms with Crippen molar-refractivity contribution in [3.05, 3.63) is 107 Å². The van der Waals surface area contributed by atoms with Crippen molar-refractivity contribution in [2.75, 3.05) is 0 Å². The molecule has 3 aromatic rings. The molecular weight excluding hydrogens is 396 g/mol. The Hall–Kier alpha value is -2.86. The van der Waals surface area contributed by atoms with Crippen molar-refractivity contribution < 1.29 is 0 Å². The highest BCUT2D eigenvalue weighted by atomic mass is 14.2. The fourth-order valence-electron chi connectivity index (χ4n) is 4.71. The predicted molar refractivity (Wildman–Crippen MR) is 145 cm³/mol. The van der Waals surface area contributed by atoms with Gasteiger partial charge in [-0.2, -0.15) is 0 Å². The van der Waals surface area contributed by atoms with Gasteiger partial charge in [-0.15, -0.1) is 0 Å². The Morgan fingerprint density at radius 1 is 0.758 bits per heavy atom. The van der Waals surface area contributed by atoms with E-state index >= 15 is 0 Å². The molecule has 0 heterocycles. The van der Waals surface area contributed by atoms with E-state index in [2.05, 4.69) is 113 Å². The van der Waals surface area contributed by atoms with Gasteiger partial charge in [-0.25, -0.2) is 0 Å². The van der Waals surface area contributed by atoms with E-state index in [9.17, 15) is 0 Å². The number of hydrogen-bond acceptors (Lipinski definition) is 0. The van der Waals surface area contributed by atoms with Crippen LogP contribution in [0.15, 0.2) is 90.5 Å². The lowest BCUT2D eigenvalue weighted by atomic mass is 9.87. The van der Waals surface area contributed by atoms with Crippen molar-refractivity contribution in [2.45, 2.75) is 71.6 Å². The van der Waals surface area contributed by atoms with Gasteiger partial charge in [0.25, 0.3) is 0 Å². The molecule has 0 nitrogen and oxygen atoms in total. The Bertz CT molecular complexity index is 1110. The van der Waals surface area contributed by atoms with Gasteiger partial charge in [-0.1, -0.05) is 118 Å². The van der Waals surface area contributed by atoms with Gasteiger partial charge in [0.15, 0.2) is 0 Å². The molecule has 1 atom stereocenters. The number of hydrogen-bond donors (Lipinski definition) is 0. The average molecular weight is 435 g/mol. The minimum Gasteiger partial charge on any atom is -0.0842 e. The lowest BCUT2D eigenvalue weighted by Crippen LogP contribution is -1.97.